The summed E-state index contributed by atoms with van der Waals surface area (Å²) < 4.78 is 56.3. The van der Waals surface area contributed by atoms with E-state index < -0.39 is 30.5 Å². The molecule has 1 unspecified atom stereocenters. The van der Waals surface area contributed by atoms with Crippen LogP contribution in [0, 0.1) is 12.7 Å². The molecular formula is C15H15F4N3O3. The molecule has 2 N–H and O–H groups in total. The molecule has 0 saturated heterocycles. The Bertz CT molecular complexity index is 746. The molecule has 2 rings (SSSR count). The van der Waals surface area contributed by atoms with Crippen molar-refractivity contribution in [3.8, 4) is 0 Å². The zero-order chi connectivity index (χ0) is 18.6. The normalized spacial score (nSPS) is 12.8. The number of carbonyl (C=O) groups is 1. The van der Waals surface area contributed by atoms with E-state index in [1.54, 1.807) is 0 Å². The standard InChI is InChI=1S/C15H15F4N3O3/c1-8-21-22-13(25-8)7-12(20-14(23)24)10-6-9(2-3-11(10)16)4-5-15(17,18)19/h2-3,6,12,20H,4-5,7H2,1H3,(H,23,24). The number of nitrogens with zero attached hydrogens (tertiary/aromatic N) is 2. The molecule has 0 aliphatic rings. The van der Waals surface area contributed by atoms with Crippen LogP contribution in [0.5, 0.6) is 0 Å². The first-order valence-electron chi connectivity index (χ1n) is 7.27. The van der Waals surface area contributed by atoms with E-state index in [-0.39, 0.29) is 35.7 Å². The molecule has 2 aromatic rings. The van der Waals surface area contributed by atoms with Crippen molar-refractivity contribution in [3.05, 3.63) is 46.9 Å². The average molecular weight is 361 g/mol. The second-order valence-electron chi connectivity index (χ2n) is 5.39. The number of rotatable bonds is 6. The van der Waals surface area contributed by atoms with Crippen LogP contribution in [0.15, 0.2) is 22.6 Å². The average Bonchev–Trinajstić information content (AvgIpc) is 2.89. The van der Waals surface area contributed by atoms with Gasteiger partial charge in [-0.25, -0.2) is 9.18 Å². The SMILES string of the molecule is Cc1nnc(CC(NC(=O)O)c2cc(CCC(F)(F)F)ccc2F)o1. The molecule has 0 bridgehead atoms. The number of halogens is 4. The third-order valence-corrected chi connectivity index (χ3v) is 3.38. The van der Waals surface area contributed by atoms with E-state index in [2.05, 4.69) is 15.5 Å². The number of benzene rings is 1. The summed E-state index contributed by atoms with van der Waals surface area (Å²) in [6.45, 7) is 1.54. The molecule has 0 radical (unpaired) electrons. The number of alkyl halides is 3. The summed E-state index contributed by atoms with van der Waals surface area (Å²) in [5.74, 6) is -0.412. The van der Waals surface area contributed by atoms with Gasteiger partial charge in [0.25, 0.3) is 0 Å². The number of aryl methyl sites for hydroxylation is 2. The summed E-state index contributed by atoms with van der Waals surface area (Å²) in [7, 11) is 0. The maximum absolute atomic E-state index is 14.1. The van der Waals surface area contributed by atoms with Gasteiger partial charge in [-0.2, -0.15) is 13.2 Å². The van der Waals surface area contributed by atoms with Crippen LogP contribution in [0.2, 0.25) is 0 Å². The highest BCUT2D eigenvalue weighted by molar-refractivity contribution is 5.65. The van der Waals surface area contributed by atoms with Gasteiger partial charge in [-0.15, -0.1) is 10.2 Å². The highest BCUT2D eigenvalue weighted by Gasteiger charge is 2.27. The molecule has 0 aliphatic heterocycles. The molecular weight excluding hydrogens is 346 g/mol. The number of hydrogen-bond donors (Lipinski definition) is 2. The summed E-state index contributed by atoms with van der Waals surface area (Å²) in [4.78, 5) is 11.0. The van der Waals surface area contributed by atoms with Crippen molar-refractivity contribution in [1.29, 1.82) is 0 Å². The van der Waals surface area contributed by atoms with Gasteiger partial charge in [0.1, 0.15) is 5.82 Å². The Hall–Kier alpha value is -2.65. The van der Waals surface area contributed by atoms with Crippen LogP contribution in [-0.2, 0) is 12.8 Å². The molecule has 1 aromatic heterocycles. The molecule has 0 aliphatic carbocycles. The second kappa shape index (κ2) is 7.49. The smallest absolute Gasteiger partial charge is 0.405 e. The lowest BCUT2D eigenvalue weighted by Crippen LogP contribution is -2.29. The molecule has 10 heteroatoms. The minimum atomic E-state index is -4.34. The van der Waals surface area contributed by atoms with E-state index >= 15 is 0 Å². The summed E-state index contributed by atoms with van der Waals surface area (Å²) in [5.41, 5.74) is 0.158. The van der Waals surface area contributed by atoms with Crippen LogP contribution in [0.1, 0.15) is 35.4 Å². The predicted molar refractivity (Wildman–Crippen MR) is 77.4 cm³/mol. The molecule has 1 aromatic carbocycles. The fourth-order valence-electron chi connectivity index (χ4n) is 2.28. The van der Waals surface area contributed by atoms with Crippen molar-refractivity contribution in [2.45, 2.75) is 38.4 Å². The van der Waals surface area contributed by atoms with E-state index in [0.29, 0.717) is 0 Å². The maximum atomic E-state index is 14.1. The third-order valence-electron chi connectivity index (χ3n) is 3.38. The molecule has 6 nitrogen and oxygen atoms in total. The Kier molecular flexibility index (Phi) is 5.60. The zero-order valence-corrected chi connectivity index (χ0v) is 13.1. The number of aromatic nitrogens is 2. The quantitative estimate of drug-likeness (QED) is 0.768. The van der Waals surface area contributed by atoms with E-state index in [4.69, 9.17) is 9.52 Å². The Morgan fingerprint density at radius 2 is 2.08 bits per heavy atom. The summed E-state index contributed by atoms with van der Waals surface area (Å²) in [5, 5.41) is 18.4. The molecule has 25 heavy (non-hydrogen) atoms. The Morgan fingerprint density at radius 1 is 1.36 bits per heavy atom. The van der Waals surface area contributed by atoms with Gasteiger partial charge < -0.3 is 14.8 Å². The second-order valence-corrected chi connectivity index (χ2v) is 5.39. The fraction of sp³-hybridized carbons (Fsp3) is 0.400. The van der Waals surface area contributed by atoms with Crippen LogP contribution < -0.4 is 5.32 Å². The Morgan fingerprint density at radius 3 is 2.64 bits per heavy atom. The van der Waals surface area contributed by atoms with Crippen molar-refractivity contribution in [3.63, 3.8) is 0 Å². The lowest BCUT2D eigenvalue weighted by atomic mass is 9.98. The fourth-order valence-corrected chi connectivity index (χ4v) is 2.28. The summed E-state index contributed by atoms with van der Waals surface area (Å²) in [6, 6.07) is 2.38. The lowest BCUT2D eigenvalue weighted by molar-refractivity contribution is -0.134. The Labute approximate surface area is 139 Å². The van der Waals surface area contributed by atoms with Crippen LogP contribution >= 0.6 is 0 Å². The largest absolute Gasteiger partial charge is 0.465 e. The van der Waals surface area contributed by atoms with E-state index in [1.165, 1.54) is 19.1 Å². The Balaban J connectivity index is 2.26. The van der Waals surface area contributed by atoms with Crippen molar-refractivity contribution >= 4 is 6.09 Å². The van der Waals surface area contributed by atoms with Crippen LogP contribution in [0.4, 0.5) is 22.4 Å². The lowest BCUT2D eigenvalue weighted by Gasteiger charge is -2.17. The molecule has 0 saturated carbocycles. The minimum Gasteiger partial charge on any atom is -0.465 e. The van der Waals surface area contributed by atoms with Gasteiger partial charge >= 0.3 is 12.3 Å². The topological polar surface area (TPSA) is 88.2 Å². The molecule has 1 amide bonds. The maximum Gasteiger partial charge on any atom is 0.405 e. The van der Waals surface area contributed by atoms with Crippen molar-refractivity contribution < 1.29 is 31.9 Å². The van der Waals surface area contributed by atoms with Crippen LogP contribution in [-0.4, -0.2) is 27.6 Å². The first-order valence-corrected chi connectivity index (χ1v) is 7.27. The van der Waals surface area contributed by atoms with Gasteiger partial charge in [0.2, 0.25) is 11.8 Å². The zero-order valence-electron chi connectivity index (χ0n) is 13.1. The van der Waals surface area contributed by atoms with E-state index in [1.807, 2.05) is 0 Å². The molecule has 1 atom stereocenters. The molecule has 0 fully saturated rings. The number of nitrogens with one attached hydrogen (secondary N) is 1. The van der Waals surface area contributed by atoms with Gasteiger partial charge in [0.15, 0.2) is 0 Å². The number of amides is 1. The molecule has 0 spiro atoms. The van der Waals surface area contributed by atoms with Crippen molar-refractivity contribution in [2.24, 2.45) is 0 Å². The number of hydrogen-bond acceptors (Lipinski definition) is 4. The van der Waals surface area contributed by atoms with Crippen molar-refractivity contribution in [1.82, 2.24) is 15.5 Å². The highest BCUT2D eigenvalue weighted by Crippen LogP contribution is 2.26. The van der Waals surface area contributed by atoms with E-state index in [9.17, 15) is 22.4 Å². The predicted octanol–water partition coefficient (Wildman–Crippen LogP) is 3.56. The summed E-state index contributed by atoms with van der Waals surface area (Å²) in [6.07, 6.45) is -7.28. The minimum absolute atomic E-state index is 0.0799. The number of carboxylic acid groups (broad SMARTS) is 1. The van der Waals surface area contributed by atoms with Gasteiger partial charge in [0.05, 0.1) is 12.5 Å². The van der Waals surface area contributed by atoms with Crippen molar-refractivity contribution in [2.75, 3.05) is 0 Å². The van der Waals surface area contributed by atoms with Gasteiger partial charge in [0, 0.05) is 18.9 Å². The molecule has 1 heterocycles. The van der Waals surface area contributed by atoms with Crippen LogP contribution in [0.3, 0.4) is 0 Å². The monoisotopic (exact) mass is 361 g/mol. The van der Waals surface area contributed by atoms with Crippen LogP contribution in [0.25, 0.3) is 0 Å². The highest BCUT2D eigenvalue weighted by atomic mass is 19.4. The van der Waals surface area contributed by atoms with Gasteiger partial charge in [-0.05, 0) is 18.1 Å². The third kappa shape index (κ3) is 5.73. The van der Waals surface area contributed by atoms with Gasteiger partial charge in [-0.3, -0.25) is 0 Å². The summed E-state index contributed by atoms with van der Waals surface area (Å²) >= 11 is 0. The van der Waals surface area contributed by atoms with E-state index in [0.717, 1.165) is 6.07 Å². The molecule has 136 valence electrons. The van der Waals surface area contributed by atoms with Gasteiger partial charge in [-0.1, -0.05) is 12.1 Å². The first-order chi connectivity index (χ1) is 11.6. The first kappa shape index (κ1) is 18.7.